The molecule has 1 unspecified atom stereocenters. The fourth-order valence-corrected chi connectivity index (χ4v) is 4.26. The Balaban J connectivity index is 1.23. The van der Waals surface area contributed by atoms with E-state index in [0.29, 0.717) is 36.4 Å². The minimum atomic E-state index is -0.00144. The lowest BCUT2D eigenvalue weighted by Gasteiger charge is -2.30. The lowest BCUT2D eigenvalue weighted by molar-refractivity contribution is -0.126. The number of amides is 1. The van der Waals surface area contributed by atoms with E-state index in [4.69, 9.17) is 16.1 Å². The van der Waals surface area contributed by atoms with Crippen LogP contribution >= 0.6 is 11.6 Å². The number of carbonyl (C=O) groups excluding carboxylic acids is 1. The summed E-state index contributed by atoms with van der Waals surface area (Å²) in [4.78, 5) is 19.4. The molecule has 0 radical (unpaired) electrons. The first kappa shape index (κ1) is 22.5. The third-order valence-electron chi connectivity index (χ3n) is 5.85. The molecule has 0 bridgehead atoms. The molecule has 0 saturated carbocycles. The highest BCUT2D eigenvalue weighted by atomic mass is 35.5. The van der Waals surface area contributed by atoms with Crippen LogP contribution in [0.1, 0.15) is 36.3 Å². The number of aromatic nitrogens is 2. The van der Waals surface area contributed by atoms with E-state index in [1.54, 1.807) is 0 Å². The molecule has 0 aliphatic carbocycles. The average molecular weight is 453 g/mol. The Hall–Kier alpha value is -2.70. The molecule has 4 rings (SSSR count). The highest BCUT2D eigenvalue weighted by Crippen LogP contribution is 2.22. The SMILES string of the molecule is Cc1ccc(CCCNC(=O)C2CCCN(Cc3nc(-c4cccc(Cl)c4)no3)C2)cc1. The highest BCUT2D eigenvalue weighted by Gasteiger charge is 2.26. The van der Waals surface area contributed by atoms with Crippen molar-refractivity contribution in [3.63, 3.8) is 0 Å². The Morgan fingerprint density at radius 1 is 1.25 bits per heavy atom. The third kappa shape index (κ3) is 6.17. The molecule has 1 aliphatic heterocycles. The number of halogens is 1. The topological polar surface area (TPSA) is 71.3 Å². The second kappa shape index (κ2) is 10.7. The van der Waals surface area contributed by atoms with Gasteiger partial charge in [0, 0.05) is 23.7 Å². The number of carbonyl (C=O) groups is 1. The van der Waals surface area contributed by atoms with Gasteiger partial charge >= 0.3 is 0 Å². The van der Waals surface area contributed by atoms with Crippen LogP contribution in [0.15, 0.2) is 53.1 Å². The number of hydrogen-bond donors (Lipinski definition) is 1. The quantitative estimate of drug-likeness (QED) is 0.503. The summed E-state index contributed by atoms with van der Waals surface area (Å²) >= 11 is 6.05. The van der Waals surface area contributed by atoms with Crippen LogP contribution < -0.4 is 5.32 Å². The number of nitrogens with one attached hydrogen (secondary N) is 1. The normalized spacial score (nSPS) is 16.8. The van der Waals surface area contributed by atoms with Crippen molar-refractivity contribution in [2.24, 2.45) is 5.92 Å². The van der Waals surface area contributed by atoms with Crippen LogP contribution in [-0.2, 0) is 17.8 Å². The summed E-state index contributed by atoms with van der Waals surface area (Å²) in [6.07, 6.45) is 3.82. The van der Waals surface area contributed by atoms with Gasteiger partial charge in [0.2, 0.25) is 17.6 Å². The van der Waals surface area contributed by atoms with E-state index in [0.717, 1.165) is 37.8 Å². The number of likely N-dealkylation sites (tertiary alicyclic amines) is 1. The van der Waals surface area contributed by atoms with Gasteiger partial charge < -0.3 is 9.84 Å². The van der Waals surface area contributed by atoms with Crippen LogP contribution in [0, 0.1) is 12.8 Å². The molecule has 6 nitrogen and oxygen atoms in total. The molecule has 168 valence electrons. The number of hydrogen-bond acceptors (Lipinski definition) is 5. The smallest absolute Gasteiger partial charge is 0.241 e. The van der Waals surface area contributed by atoms with Crippen molar-refractivity contribution >= 4 is 17.5 Å². The van der Waals surface area contributed by atoms with E-state index >= 15 is 0 Å². The molecule has 2 heterocycles. The Bertz CT molecular complexity index is 1030. The van der Waals surface area contributed by atoms with Crippen LogP contribution in [0.5, 0.6) is 0 Å². The van der Waals surface area contributed by atoms with Crippen molar-refractivity contribution in [2.75, 3.05) is 19.6 Å². The fraction of sp³-hybridized carbons (Fsp3) is 0.400. The molecule has 1 fully saturated rings. The molecule has 1 aromatic heterocycles. The van der Waals surface area contributed by atoms with Gasteiger partial charge in [-0.25, -0.2) is 0 Å². The van der Waals surface area contributed by atoms with Crippen molar-refractivity contribution in [3.05, 3.63) is 70.6 Å². The summed E-state index contributed by atoms with van der Waals surface area (Å²) in [7, 11) is 0. The third-order valence-corrected chi connectivity index (χ3v) is 6.08. The standard InChI is InChI=1S/C25H29ClN4O2/c1-18-9-11-19(12-10-18)5-3-13-27-25(31)21-7-4-14-30(16-21)17-23-28-24(29-32-23)20-6-2-8-22(26)15-20/h2,6,8-12,15,21H,3-5,7,13-14,16-17H2,1H3,(H,27,31). The van der Waals surface area contributed by atoms with E-state index in [1.165, 1.54) is 11.1 Å². The van der Waals surface area contributed by atoms with Gasteiger partial charge in [0.15, 0.2) is 0 Å². The van der Waals surface area contributed by atoms with Gasteiger partial charge in [-0.05, 0) is 56.8 Å². The summed E-state index contributed by atoms with van der Waals surface area (Å²) in [6, 6.07) is 16.0. The fourth-order valence-electron chi connectivity index (χ4n) is 4.07. The predicted molar refractivity (Wildman–Crippen MR) is 125 cm³/mol. The van der Waals surface area contributed by atoms with Crippen molar-refractivity contribution in [3.8, 4) is 11.4 Å². The zero-order valence-electron chi connectivity index (χ0n) is 18.4. The molecule has 1 N–H and O–H groups in total. The summed E-state index contributed by atoms with van der Waals surface area (Å²) in [5.74, 6) is 1.23. The number of piperidine rings is 1. The molecule has 0 spiro atoms. The highest BCUT2D eigenvalue weighted by molar-refractivity contribution is 6.30. The van der Waals surface area contributed by atoms with Crippen LogP contribution in [0.3, 0.4) is 0 Å². The molecule has 1 amide bonds. The molecule has 1 atom stereocenters. The summed E-state index contributed by atoms with van der Waals surface area (Å²) in [5.41, 5.74) is 3.41. The van der Waals surface area contributed by atoms with Crippen LogP contribution in [0.25, 0.3) is 11.4 Å². The molecule has 1 aliphatic rings. The first-order valence-corrected chi connectivity index (χ1v) is 11.6. The van der Waals surface area contributed by atoms with Gasteiger partial charge in [-0.3, -0.25) is 9.69 Å². The number of nitrogens with zero attached hydrogens (tertiary/aromatic N) is 3. The van der Waals surface area contributed by atoms with Gasteiger partial charge in [0.25, 0.3) is 0 Å². The molecular weight excluding hydrogens is 424 g/mol. The van der Waals surface area contributed by atoms with E-state index in [-0.39, 0.29) is 11.8 Å². The first-order chi connectivity index (χ1) is 15.6. The van der Waals surface area contributed by atoms with E-state index in [9.17, 15) is 4.79 Å². The molecule has 7 heteroatoms. The van der Waals surface area contributed by atoms with Crippen LogP contribution in [0.4, 0.5) is 0 Å². The molecule has 32 heavy (non-hydrogen) atoms. The largest absolute Gasteiger partial charge is 0.356 e. The van der Waals surface area contributed by atoms with Crippen molar-refractivity contribution in [2.45, 2.75) is 39.2 Å². The van der Waals surface area contributed by atoms with Crippen molar-refractivity contribution in [1.29, 1.82) is 0 Å². The van der Waals surface area contributed by atoms with Gasteiger partial charge in [-0.15, -0.1) is 0 Å². The van der Waals surface area contributed by atoms with E-state index < -0.39 is 0 Å². The number of benzene rings is 2. The van der Waals surface area contributed by atoms with Gasteiger partial charge in [-0.1, -0.05) is 58.7 Å². The minimum Gasteiger partial charge on any atom is -0.356 e. The van der Waals surface area contributed by atoms with Crippen LogP contribution in [0.2, 0.25) is 5.02 Å². The molecule has 1 saturated heterocycles. The monoisotopic (exact) mass is 452 g/mol. The lowest BCUT2D eigenvalue weighted by Crippen LogP contribution is -2.43. The van der Waals surface area contributed by atoms with E-state index in [1.807, 2.05) is 24.3 Å². The number of rotatable bonds is 8. The first-order valence-electron chi connectivity index (χ1n) is 11.2. The molecule has 3 aromatic rings. The van der Waals surface area contributed by atoms with Crippen LogP contribution in [-0.4, -0.2) is 40.6 Å². The summed E-state index contributed by atoms with van der Waals surface area (Å²) < 4.78 is 5.44. The Morgan fingerprint density at radius 2 is 2.09 bits per heavy atom. The maximum absolute atomic E-state index is 12.7. The number of aryl methyl sites for hydroxylation is 2. The Morgan fingerprint density at radius 3 is 2.91 bits per heavy atom. The summed E-state index contributed by atoms with van der Waals surface area (Å²) in [5, 5.41) is 7.83. The summed E-state index contributed by atoms with van der Waals surface area (Å²) in [6.45, 7) is 4.97. The molecular formula is C25H29ClN4O2. The van der Waals surface area contributed by atoms with Crippen molar-refractivity contribution < 1.29 is 9.32 Å². The second-order valence-electron chi connectivity index (χ2n) is 8.48. The second-order valence-corrected chi connectivity index (χ2v) is 8.91. The zero-order valence-corrected chi connectivity index (χ0v) is 19.1. The lowest BCUT2D eigenvalue weighted by atomic mass is 9.97. The zero-order chi connectivity index (χ0) is 22.3. The predicted octanol–water partition coefficient (Wildman–Crippen LogP) is 4.66. The Kier molecular flexibility index (Phi) is 7.55. The van der Waals surface area contributed by atoms with Crippen molar-refractivity contribution in [1.82, 2.24) is 20.4 Å². The molecule has 2 aromatic carbocycles. The Labute approximate surface area is 194 Å². The minimum absolute atomic E-state index is 0.00144. The van der Waals surface area contributed by atoms with Gasteiger partial charge in [-0.2, -0.15) is 4.98 Å². The maximum atomic E-state index is 12.7. The maximum Gasteiger partial charge on any atom is 0.241 e. The average Bonchev–Trinajstić information content (AvgIpc) is 3.26. The van der Waals surface area contributed by atoms with Gasteiger partial charge in [0.05, 0.1) is 12.5 Å². The van der Waals surface area contributed by atoms with Gasteiger partial charge in [0.1, 0.15) is 0 Å². The van der Waals surface area contributed by atoms with E-state index in [2.05, 4.69) is 51.5 Å².